The number of carboxylic acid groups (broad SMARTS) is 1. The van der Waals surface area contributed by atoms with Crippen molar-refractivity contribution in [2.24, 2.45) is 0 Å². The van der Waals surface area contributed by atoms with E-state index in [9.17, 15) is 4.79 Å². The van der Waals surface area contributed by atoms with Crippen LogP contribution in [0.15, 0.2) is 39.8 Å². The number of aryl methyl sites for hydroxylation is 2. The fourth-order valence-corrected chi connectivity index (χ4v) is 3.38. The standard InChI is InChI=1S/C15H14O3S/c16-15(17)14-12(6-7-18-14)9-19-13-5-4-10-2-1-3-11(10)8-13/h4-8H,1-3,9H2,(H,16,17). The number of rotatable bonds is 4. The molecule has 0 atom stereocenters. The molecule has 1 aromatic heterocycles. The highest BCUT2D eigenvalue weighted by atomic mass is 32.2. The third kappa shape index (κ3) is 2.54. The second-order valence-corrected chi connectivity index (χ2v) is 5.70. The van der Waals surface area contributed by atoms with E-state index in [0.717, 1.165) is 12.0 Å². The summed E-state index contributed by atoms with van der Waals surface area (Å²) in [4.78, 5) is 12.1. The van der Waals surface area contributed by atoms with Gasteiger partial charge in [0.05, 0.1) is 6.26 Å². The summed E-state index contributed by atoms with van der Waals surface area (Å²) in [5.74, 6) is -0.333. The molecular weight excluding hydrogens is 260 g/mol. The lowest BCUT2D eigenvalue weighted by atomic mass is 10.1. The minimum Gasteiger partial charge on any atom is -0.475 e. The molecule has 0 radical (unpaired) electrons. The predicted octanol–water partition coefficient (Wildman–Crippen LogP) is 3.76. The molecule has 1 aliphatic carbocycles. The SMILES string of the molecule is O=C(O)c1occc1CSc1ccc2c(c1)CCC2. The Balaban J connectivity index is 1.72. The van der Waals surface area contributed by atoms with E-state index in [0.29, 0.717) is 5.75 Å². The van der Waals surface area contributed by atoms with Gasteiger partial charge < -0.3 is 9.52 Å². The number of carboxylic acids is 1. The maximum atomic E-state index is 10.9. The molecular formula is C15H14O3S. The number of hydrogen-bond acceptors (Lipinski definition) is 3. The number of fused-ring (bicyclic) bond motifs is 1. The molecule has 0 saturated carbocycles. The lowest BCUT2D eigenvalue weighted by molar-refractivity contribution is 0.0661. The molecule has 3 nitrogen and oxygen atoms in total. The quantitative estimate of drug-likeness (QED) is 0.862. The van der Waals surface area contributed by atoms with E-state index in [2.05, 4.69) is 18.2 Å². The summed E-state index contributed by atoms with van der Waals surface area (Å²) in [6.07, 6.45) is 5.03. The summed E-state index contributed by atoms with van der Waals surface area (Å²) in [6.45, 7) is 0. The van der Waals surface area contributed by atoms with Gasteiger partial charge in [0.2, 0.25) is 5.76 Å². The Labute approximate surface area is 115 Å². The van der Waals surface area contributed by atoms with Gasteiger partial charge in [-0.15, -0.1) is 11.8 Å². The van der Waals surface area contributed by atoms with Gasteiger partial charge >= 0.3 is 5.97 Å². The largest absolute Gasteiger partial charge is 0.475 e. The number of hydrogen-bond donors (Lipinski definition) is 1. The molecule has 0 amide bonds. The van der Waals surface area contributed by atoms with E-state index in [4.69, 9.17) is 9.52 Å². The summed E-state index contributed by atoms with van der Waals surface area (Å²) in [7, 11) is 0. The van der Waals surface area contributed by atoms with Crippen LogP contribution in [0.3, 0.4) is 0 Å². The molecule has 0 unspecified atom stereocenters. The topological polar surface area (TPSA) is 50.4 Å². The van der Waals surface area contributed by atoms with E-state index < -0.39 is 5.97 Å². The molecule has 0 spiro atoms. The van der Waals surface area contributed by atoms with E-state index >= 15 is 0 Å². The van der Waals surface area contributed by atoms with Crippen molar-refractivity contribution < 1.29 is 14.3 Å². The second-order valence-electron chi connectivity index (χ2n) is 4.65. The normalized spacial score (nSPS) is 13.5. The predicted molar refractivity (Wildman–Crippen MR) is 73.7 cm³/mol. The number of thioether (sulfide) groups is 1. The Hall–Kier alpha value is -1.68. The first-order valence-electron chi connectivity index (χ1n) is 6.28. The Bertz CT molecular complexity index is 616. The van der Waals surface area contributed by atoms with Crippen molar-refractivity contribution >= 4 is 17.7 Å². The minimum absolute atomic E-state index is 0.0497. The minimum atomic E-state index is -1.01. The van der Waals surface area contributed by atoms with Gasteiger partial charge in [0.25, 0.3) is 0 Å². The lowest BCUT2D eigenvalue weighted by Gasteiger charge is -2.04. The van der Waals surface area contributed by atoms with E-state index in [1.165, 1.54) is 35.1 Å². The van der Waals surface area contributed by atoms with E-state index in [1.54, 1.807) is 17.8 Å². The van der Waals surface area contributed by atoms with Gasteiger partial charge in [-0.1, -0.05) is 6.07 Å². The number of furan rings is 1. The molecule has 0 bridgehead atoms. The highest BCUT2D eigenvalue weighted by molar-refractivity contribution is 7.98. The zero-order chi connectivity index (χ0) is 13.2. The van der Waals surface area contributed by atoms with Crippen LogP contribution in [-0.4, -0.2) is 11.1 Å². The van der Waals surface area contributed by atoms with Crippen molar-refractivity contribution in [3.05, 3.63) is 53.0 Å². The monoisotopic (exact) mass is 274 g/mol. The van der Waals surface area contributed by atoms with Crippen LogP contribution < -0.4 is 0 Å². The van der Waals surface area contributed by atoms with Gasteiger partial charge in [-0.25, -0.2) is 4.79 Å². The van der Waals surface area contributed by atoms with Gasteiger partial charge in [-0.3, -0.25) is 0 Å². The summed E-state index contributed by atoms with van der Waals surface area (Å²) >= 11 is 1.65. The van der Waals surface area contributed by atoms with Crippen LogP contribution in [0.1, 0.15) is 33.7 Å². The number of aromatic carboxylic acids is 1. The van der Waals surface area contributed by atoms with Crippen molar-refractivity contribution in [3.8, 4) is 0 Å². The van der Waals surface area contributed by atoms with Crippen molar-refractivity contribution in [2.45, 2.75) is 29.9 Å². The zero-order valence-electron chi connectivity index (χ0n) is 10.4. The van der Waals surface area contributed by atoms with Crippen LogP contribution in [0.4, 0.5) is 0 Å². The van der Waals surface area contributed by atoms with Crippen LogP contribution in [-0.2, 0) is 18.6 Å². The van der Waals surface area contributed by atoms with Crippen molar-refractivity contribution in [3.63, 3.8) is 0 Å². The Morgan fingerprint density at radius 2 is 2.11 bits per heavy atom. The number of benzene rings is 1. The van der Waals surface area contributed by atoms with Gasteiger partial charge in [-0.2, -0.15) is 0 Å². The first kappa shape index (κ1) is 12.4. The Morgan fingerprint density at radius 1 is 1.26 bits per heavy atom. The first-order chi connectivity index (χ1) is 9.24. The third-order valence-electron chi connectivity index (χ3n) is 3.41. The zero-order valence-corrected chi connectivity index (χ0v) is 11.2. The van der Waals surface area contributed by atoms with E-state index in [1.807, 2.05) is 0 Å². The average Bonchev–Trinajstić information content (AvgIpc) is 3.04. The highest BCUT2D eigenvalue weighted by Gasteiger charge is 2.15. The van der Waals surface area contributed by atoms with Crippen LogP contribution >= 0.6 is 11.8 Å². The van der Waals surface area contributed by atoms with Gasteiger partial charge in [-0.05, 0) is 48.6 Å². The third-order valence-corrected chi connectivity index (χ3v) is 4.45. The van der Waals surface area contributed by atoms with Crippen LogP contribution in [0.2, 0.25) is 0 Å². The molecule has 2 aromatic rings. The molecule has 0 saturated heterocycles. The molecule has 0 fully saturated rings. The fourth-order valence-electron chi connectivity index (χ4n) is 2.44. The molecule has 98 valence electrons. The molecule has 4 heteroatoms. The Kier molecular flexibility index (Phi) is 3.34. The highest BCUT2D eigenvalue weighted by Crippen LogP contribution is 2.30. The van der Waals surface area contributed by atoms with Gasteiger partial charge in [0.1, 0.15) is 0 Å². The fraction of sp³-hybridized carbons (Fsp3) is 0.267. The van der Waals surface area contributed by atoms with Gasteiger partial charge in [0, 0.05) is 16.2 Å². The smallest absolute Gasteiger partial charge is 0.372 e. The first-order valence-corrected chi connectivity index (χ1v) is 7.27. The maximum absolute atomic E-state index is 10.9. The molecule has 1 aliphatic rings. The van der Waals surface area contributed by atoms with Gasteiger partial charge in [0.15, 0.2) is 0 Å². The summed E-state index contributed by atoms with van der Waals surface area (Å²) in [5.41, 5.74) is 3.63. The molecule has 19 heavy (non-hydrogen) atoms. The lowest BCUT2D eigenvalue weighted by Crippen LogP contribution is -1.97. The number of carbonyl (C=O) groups is 1. The molecule has 1 heterocycles. The van der Waals surface area contributed by atoms with E-state index in [-0.39, 0.29) is 5.76 Å². The van der Waals surface area contributed by atoms with Crippen molar-refractivity contribution in [1.29, 1.82) is 0 Å². The average molecular weight is 274 g/mol. The van der Waals surface area contributed by atoms with Crippen molar-refractivity contribution in [2.75, 3.05) is 0 Å². The van der Waals surface area contributed by atoms with Crippen molar-refractivity contribution in [1.82, 2.24) is 0 Å². The Morgan fingerprint density at radius 3 is 2.95 bits per heavy atom. The molecule has 1 N–H and O–H groups in total. The summed E-state index contributed by atoms with van der Waals surface area (Å²) in [5, 5.41) is 8.98. The van der Waals surface area contributed by atoms with Crippen LogP contribution in [0.25, 0.3) is 0 Å². The molecule has 3 rings (SSSR count). The van der Waals surface area contributed by atoms with Crippen LogP contribution in [0, 0.1) is 0 Å². The molecule has 0 aliphatic heterocycles. The van der Waals surface area contributed by atoms with Crippen LogP contribution in [0.5, 0.6) is 0 Å². The maximum Gasteiger partial charge on any atom is 0.372 e. The summed E-state index contributed by atoms with van der Waals surface area (Å²) in [6, 6.07) is 8.27. The molecule has 1 aromatic carbocycles. The summed E-state index contributed by atoms with van der Waals surface area (Å²) < 4.78 is 4.98. The second kappa shape index (κ2) is 5.13.